The molecular formula is C39H52F3N5O3. The van der Waals surface area contributed by atoms with Crippen LogP contribution in [0.2, 0.25) is 0 Å². The van der Waals surface area contributed by atoms with Gasteiger partial charge in [-0.1, -0.05) is 12.1 Å². The molecule has 0 radical (unpaired) electrons. The van der Waals surface area contributed by atoms with Crippen molar-refractivity contribution in [3.8, 4) is 11.1 Å². The Balaban J connectivity index is 1.35. The Bertz CT molecular complexity index is 1640. The van der Waals surface area contributed by atoms with Gasteiger partial charge in [0.05, 0.1) is 13.7 Å². The van der Waals surface area contributed by atoms with Gasteiger partial charge in [0.15, 0.2) is 0 Å². The standard InChI is InChI=1S/C39H52F3N5O3/c1-7-47(30-10-14-46(15-11-30)24-39(40,41)42)34-21-29(28-8-9-33-35(20-28)45(5)23-38(33)12-16-50-17-13-38)19-31(26(34)3)37(48)43-22-32-27(4)44-25(2)18-36(32)49-6/h8-9,18-21,27,30,44H,7,10-17,22-24H2,1-6H3,(H,43,48). The van der Waals surface area contributed by atoms with Gasteiger partial charge in [-0.05, 0) is 99.9 Å². The number of amides is 1. The van der Waals surface area contributed by atoms with Gasteiger partial charge in [0.25, 0.3) is 5.91 Å². The minimum absolute atomic E-state index is 0.000498. The van der Waals surface area contributed by atoms with Gasteiger partial charge < -0.3 is 29.9 Å². The van der Waals surface area contributed by atoms with Gasteiger partial charge in [-0.25, -0.2) is 0 Å². The van der Waals surface area contributed by atoms with E-state index in [9.17, 15) is 18.0 Å². The lowest BCUT2D eigenvalue weighted by molar-refractivity contribution is -0.147. The van der Waals surface area contributed by atoms with Crippen LogP contribution in [0.15, 0.2) is 53.4 Å². The summed E-state index contributed by atoms with van der Waals surface area (Å²) in [4.78, 5) is 20.3. The number of rotatable bonds is 9. The predicted molar refractivity (Wildman–Crippen MR) is 193 cm³/mol. The zero-order valence-corrected chi connectivity index (χ0v) is 30.3. The molecule has 11 heteroatoms. The van der Waals surface area contributed by atoms with E-state index in [0.29, 0.717) is 44.6 Å². The summed E-state index contributed by atoms with van der Waals surface area (Å²) in [6.45, 7) is 11.5. The van der Waals surface area contributed by atoms with Gasteiger partial charge in [0, 0.05) is 98.7 Å². The number of fused-ring (bicyclic) bond motifs is 2. The first-order valence-electron chi connectivity index (χ1n) is 18.0. The van der Waals surface area contributed by atoms with Crippen LogP contribution in [0.25, 0.3) is 11.1 Å². The second-order valence-corrected chi connectivity index (χ2v) is 14.5. The highest BCUT2D eigenvalue weighted by atomic mass is 19.4. The molecule has 0 aliphatic carbocycles. The zero-order valence-electron chi connectivity index (χ0n) is 30.3. The first-order valence-corrected chi connectivity index (χ1v) is 18.0. The average Bonchev–Trinajstić information content (AvgIpc) is 3.34. The number of halogens is 3. The van der Waals surface area contributed by atoms with Crippen molar-refractivity contribution in [3.63, 3.8) is 0 Å². The van der Waals surface area contributed by atoms with E-state index in [1.807, 2.05) is 26.0 Å². The second-order valence-electron chi connectivity index (χ2n) is 14.5. The molecule has 2 aromatic carbocycles. The van der Waals surface area contributed by atoms with Crippen molar-refractivity contribution in [3.05, 3.63) is 70.1 Å². The largest absolute Gasteiger partial charge is 0.497 e. The van der Waals surface area contributed by atoms with E-state index in [2.05, 4.69) is 65.6 Å². The van der Waals surface area contributed by atoms with Crippen LogP contribution >= 0.6 is 0 Å². The molecule has 0 bridgehead atoms. The fraction of sp³-hybridized carbons (Fsp3) is 0.564. The lowest BCUT2D eigenvalue weighted by atomic mass is 9.75. The van der Waals surface area contributed by atoms with Crippen molar-refractivity contribution >= 4 is 17.3 Å². The van der Waals surface area contributed by atoms with Crippen LogP contribution in [0, 0.1) is 6.92 Å². The van der Waals surface area contributed by atoms with Crippen LogP contribution in [0.4, 0.5) is 24.5 Å². The van der Waals surface area contributed by atoms with Gasteiger partial charge in [-0.2, -0.15) is 13.2 Å². The molecule has 2 saturated heterocycles. The summed E-state index contributed by atoms with van der Waals surface area (Å²) in [5.41, 5.74) is 9.00. The number of alkyl halides is 3. The summed E-state index contributed by atoms with van der Waals surface area (Å²) < 4.78 is 50.9. The normalized spacial score (nSPS) is 21.2. The topological polar surface area (TPSA) is 69.3 Å². The van der Waals surface area contributed by atoms with Crippen LogP contribution < -0.4 is 20.4 Å². The second kappa shape index (κ2) is 14.5. The number of carbonyl (C=O) groups excluding carboxylic acids is 1. The van der Waals surface area contributed by atoms with Gasteiger partial charge in [0.2, 0.25) is 0 Å². The number of carbonyl (C=O) groups is 1. The van der Waals surface area contributed by atoms with E-state index in [1.54, 1.807) is 7.11 Å². The van der Waals surface area contributed by atoms with E-state index >= 15 is 0 Å². The molecule has 8 nitrogen and oxygen atoms in total. The molecular weight excluding hydrogens is 643 g/mol. The number of allylic oxidation sites excluding steroid dienone is 2. The number of nitrogens with zero attached hydrogens (tertiary/aromatic N) is 3. The Kier molecular flexibility index (Phi) is 10.5. The van der Waals surface area contributed by atoms with Crippen molar-refractivity contribution < 1.29 is 27.4 Å². The van der Waals surface area contributed by atoms with Gasteiger partial charge in [0.1, 0.15) is 5.76 Å². The molecule has 272 valence electrons. The number of nitrogens with one attached hydrogen (secondary N) is 2. The number of hydrogen-bond donors (Lipinski definition) is 2. The Hall–Kier alpha value is -3.70. The fourth-order valence-electron chi connectivity index (χ4n) is 8.63. The molecule has 4 heterocycles. The Morgan fingerprint density at radius 1 is 1.12 bits per heavy atom. The summed E-state index contributed by atoms with van der Waals surface area (Å²) in [5.74, 6) is 0.571. The van der Waals surface area contributed by atoms with Crippen LogP contribution in [0.3, 0.4) is 0 Å². The van der Waals surface area contributed by atoms with Crippen molar-refractivity contribution in [1.82, 2.24) is 15.5 Å². The zero-order chi connectivity index (χ0) is 35.8. The fourth-order valence-corrected chi connectivity index (χ4v) is 8.63. The van der Waals surface area contributed by atoms with Crippen LogP contribution in [0.5, 0.6) is 0 Å². The average molecular weight is 696 g/mol. The number of anilines is 2. The van der Waals surface area contributed by atoms with Crippen LogP contribution in [-0.2, 0) is 14.9 Å². The number of dihydropyridines is 1. The Morgan fingerprint density at radius 2 is 1.84 bits per heavy atom. The van der Waals surface area contributed by atoms with Crippen molar-refractivity contribution in [2.24, 2.45) is 0 Å². The van der Waals surface area contributed by atoms with Crippen molar-refractivity contribution in [1.29, 1.82) is 0 Å². The number of methoxy groups -OCH3 is 1. The molecule has 2 N–H and O–H groups in total. The third kappa shape index (κ3) is 7.35. The maximum Gasteiger partial charge on any atom is 0.401 e. The number of likely N-dealkylation sites (N-methyl/N-ethyl adjacent to an activating group) is 1. The number of likely N-dealkylation sites (tertiary alicyclic amines) is 1. The lowest BCUT2D eigenvalue weighted by Crippen LogP contribution is -2.47. The van der Waals surface area contributed by atoms with E-state index in [1.165, 1.54) is 16.2 Å². The molecule has 1 spiro atoms. The van der Waals surface area contributed by atoms with Crippen molar-refractivity contribution in [2.75, 3.05) is 76.4 Å². The van der Waals surface area contributed by atoms with E-state index in [4.69, 9.17) is 9.47 Å². The molecule has 6 rings (SSSR count). The summed E-state index contributed by atoms with van der Waals surface area (Å²) in [7, 11) is 3.79. The number of piperidine rings is 1. The third-order valence-corrected chi connectivity index (χ3v) is 11.3. The van der Waals surface area contributed by atoms with Crippen LogP contribution in [0.1, 0.15) is 67.9 Å². The first kappa shape index (κ1) is 36.1. The van der Waals surface area contributed by atoms with E-state index in [0.717, 1.165) is 72.0 Å². The molecule has 0 aromatic heterocycles. The van der Waals surface area contributed by atoms with Gasteiger partial charge in [-0.3, -0.25) is 9.69 Å². The summed E-state index contributed by atoms with van der Waals surface area (Å²) in [6, 6.07) is 10.9. The molecule has 2 fully saturated rings. The number of ether oxygens (including phenoxy) is 2. The minimum atomic E-state index is -4.21. The van der Waals surface area contributed by atoms with Crippen molar-refractivity contribution in [2.45, 2.75) is 77.1 Å². The third-order valence-electron chi connectivity index (χ3n) is 11.3. The monoisotopic (exact) mass is 695 g/mol. The highest BCUT2D eigenvalue weighted by Crippen LogP contribution is 2.47. The first-order chi connectivity index (χ1) is 23.8. The summed E-state index contributed by atoms with van der Waals surface area (Å²) in [5, 5.41) is 6.60. The maximum atomic E-state index is 14.2. The van der Waals surface area contributed by atoms with E-state index < -0.39 is 12.7 Å². The predicted octanol–water partition coefficient (Wildman–Crippen LogP) is 6.54. The highest BCUT2D eigenvalue weighted by Gasteiger charge is 2.43. The van der Waals surface area contributed by atoms with Gasteiger partial charge >= 0.3 is 6.18 Å². The number of benzene rings is 2. The Morgan fingerprint density at radius 3 is 2.50 bits per heavy atom. The SMILES string of the molecule is CCN(c1cc(-c2ccc3c(c2)N(C)CC32CCOCC2)cc(C(=O)NCC2=C(OC)C=C(C)NC2C)c1C)C1CCN(CC(F)(F)F)CC1. The summed E-state index contributed by atoms with van der Waals surface area (Å²) >= 11 is 0. The highest BCUT2D eigenvalue weighted by molar-refractivity contribution is 5.99. The maximum absolute atomic E-state index is 14.2. The molecule has 1 unspecified atom stereocenters. The Labute approximate surface area is 294 Å². The van der Waals surface area contributed by atoms with Gasteiger partial charge in [-0.15, -0.1) is 0 Å². The molecule has 0 saturated carbocycles. The molecule has 50 heavy (non-hydrogen) atoms. The molecule has 2 aromatic rings. The molecule has 1 atom stereocenters. The summed E-state index contributed by atoms with van der Waals surface area (Å²) in [6.07, 6.45) is 0.980. The smallest absolute Gasteiger partial charge is 0.401 e. The molecule has 4 aliphatic heterocycles. The molecule has 1 amide bonds. The van der Waals surface area contributed by atoms with E-state index in [-0.39, 0.29) is 23.4 Å². The molecule has 4 aliphatic rings. The quantitative estimate of drug-likeness (QED) is 0.309. The number of hydrogen-bond acceptors (Lipinski definition) is 7. The van der Waals surface area contributed by atoms with Crippen LogP contribution in [-0.4, -0.2) is 95.7 Å². The minimum Gasteiger partial charge on any atom is -0.497 e. The lowest BCUT2D eigenvalue weighted by Gasteiger charge is -2.40.